The van der Waals surface area contributed by atoms with Crippen molar-refractivity contribution in [3.63, 3.8) is 0 Å². The van der Waals surface area contributed by atoms with Crippen molar-refractivity contribution in [1.82, 2.24) is 10.1 Å². The number of nitrogens with zero attached hydrogens (tertiary/aromatic N) is 2. The first-order valence-electron chi connectivity index (χ1n) is 6.51. The summed E-state index contributed by atoms with van der Waals surface area (Å²) in [6, 6.07) is 4.67. The summed E-state index contributed by atoms with van der Waals surface area (Å²) >= 11 is 1.23. The second kappa shape index (κ2) is 7.03. The van der Waals surface area contributed by atoms with Crippen LogP contribution in [0.2, 0.25) is 0 Å². The van der Waals surface area contributed by atoms with Crippen LogP contribution in [0.5, 0.6) is 0 Å². The minimum atomic E-state index is -4.44. The molecule has 1 aromatic heterocycles. The number of thioether (sulfide) groups is 1. The number of carbonyl (C=O) groups is 1. The molecule has 0 aliphatic carbocycles. The molecule has 0 spiro atoms. The lowest BCUT2D eigenvalue weighted by atomic mass is 10.1. The summed E-state index contributed by atoms with van der Waals surface area (Å²) in [5.74, 6) is 0.158. The molecular formula is C14H13F3N2O3S. The Morgan fingerprint density at radius 1 is 1.43 bits per heavy atom. The van der Waals surface area contributed by atoms with E-state index < -0.39 is 17.0 Å². The zero-order chi connectivity index (χ0) is 17.0. The van der Waals surface area contributed by atoms with Crippen molar-refractivity contribution in [2.45, 2.75) is 24.1 Å². The molecule has 0 radical (unpaired) electrons. The van der Waals surface area contributed by atoms with Gasteiger partial charge in [-0.05, 0) is 19.1 Å². The average Bonchev–Trinajstić information content (AvgIpc) is 3.00. The van der Waals surface area contributed by atoms with Crippen molar-refractivity contribution < 1.29 is 27.2 Å². The Morgan fingerprint density at radius 2 is 2.17 bits per heavy atom. The van der Waals surface area contributed by atoms with Crippen LogP contribution >= 0.6 is 11.8 Å². The number of hydrogen-bond acceptors (Lipinski definition) is 6. The van der Waals surface area contributed by atoms with E-state index in [4.69, 9.17) is 4.52 Å². The molecule has 0 saturated heterocycles. The summed E-state index contributed by atoms with van der Waals surface area (Å²) < 4.78 is 47.7. The highest BCUT2D eigenvalue weighted by molar-refractivity contribution is 7.99. The third-order valence-corrected chi connectivity index (χ3v) is 4.01. The maximum Gasteiger partial charge on any atom is 0.416 e. The molecule has 0 aliphatic rings. The first-order valence-corrected chi connectivity index (χ1v) is 7.56. The molecular weight excluding hydrogens is 333 g/mol. The number of ether oxygens (including phenoxy) is 1. The fourth-order valence-electron chi connectivity index (χ4n) is 1.70. The van der Waals surface area contributed by atoms with Gasteiger partial charge < -0.3 is 9.26 Å². The van der Waals surface area contributed by atoms with E-state index >= 15 is 0 Å². The van der Waals surface area contributed by atoms with Crippen LogP contribution in [0.3, 0.4) is 0 Å². The molecule has 0 saturated carbocycles. The third-order valence-electron chi connectivity index (χ3n) is 2.91. The van der Waals surface area contributed by atoms with Gasteiger partial charge in [0.25, 0.3) is 0 Å². The molecule has 1 heterocycles. The minimum Gasteiger partial charge on any atom is -0.468 e. The molecule has 124 valence electrons. The molecule has 1 atom stereocenters. The van der Waals surface area contributed by atoms with Gasteiger partial charge in [0.15, 0.2) is 0 Å². The monoisotopic (exact) mass is 346 g/mol. The maximum atomic E-state index is 12.7. The van der Waals surface area contributed by atoms with Gasteiger partial charge in [-0.3, -0.25) is 4.79 Å². The van der Waals surface area contributed by atoms with Gasteiger partial charge in [-0.2, -0.15) is 18.2 Å². The van der Waals surface area contributed by atoms with Crippen molar-refractivity contribution in [2.75, 3.05) is 7.11 Å². The first-order chi connectivity index (χ1) is 10.8. The molecule has 1 unspecified atom stereocenters. The fourth-order valence-corrected chi connectivity index (χ4v) is 2.44. The molecule has 1 aromatic carbocycles. The fraction of sp³-hybridized carbons (Fsp3) is 0.357. The van der Waals surface area contributed by atoms with Gasteiger partial charge in [-0.25, -0.2) is 0 Å². The molecule has 9 heteroatoms. The summed E-state index contributed by atoms with van der Waals surface area (Å²) in [5.41, 5.74) is -0.573. The topological polar surface area (TPSA) is 65.2 Å². The number of halogens is 3. The molecule has 5 nitrogen and oxygen atoms in total. The van der Waals surface area contributed by atoms with Gasteiger partial charge in [0.2, 0.25) is 11.7 Å². The standard InChI is InChI=1S/C14H13F3N2O3S/c1-8(13(20)21-2)23-7-11-18-12(19-22-11)9-4-3-5-10(6-9)14(15,16)17/h3-6,8H,7H2,1-2H3. The van der Waals surface area contributed by atoms with E-state index in [2.05, 4.69) is 14.9 Å². The second-order valence-corrected chi connectivity index (χ2v) is 5.90. The van der Waals surface area contributed by atoms with Gasteiger partial charge in [0, 0.05) is 5.56 Å². The normalized spacial score (nSPS) is 12.9. The Hall–Kier alpha value is -2.03. The van der Waals surface area contributed by atoms with Crippen molar-refractivity contribution in [2.24, 2.45) is 0 Å². The quantitative estimate of drug-likeness (QED) is 0.772. The van der Waals surface area contributed by atoms with Gasteiger partial charge in [0.05, 0.1) is 18.4 Å². The van der Waals surface area contributed by atoms with Crippen molar-refractivity contribution in [1.29, 1.82) is 0 Å². The Balaban J connectivity index is 2.09. The van der Waals surface area contributed by atoms with Crippen molar-refractivity contribution in [3.8, 4) is 11.4 Å². The van der Waals surface area contributed by atoms with E-state index in [0.29, 0.717) is 0 Å². The lowest BCUT2D eigenvalue weighted by Crippen LogP contribution is -2.14. The predicted octanol–water partition coefficient (Wildman–Crippen LogP) is 3.55. The van der Waals surface area contributed by atoms with E-state index in [0.717, 1.165) is 12.1 Å². The van der Waals surface area contributed by atoms with Gasteiger partial charge >= 0.3 is 12.1 Å². The predicted molar refractivity (Wildman–Crippen MR) is 77.5 cm³/mol. The van der Waals surface area contributed by atoms with Crippen LogP contribution in [0.15, 0.2) is 28.8 Å². The zero-order valence-corrected chi connectivity index (χ0v) is 13.1. The Kier molecular flexibility index (Phi) is 5.30. The smallest absolute Gasteiger partial charge is 0.416 e. The van der Waals surface area contributed by atoms with Crippen LogP contribution in [0, 0.1) is 0 Å². The van der Waals surface area contributed by atoms with E-state index in [1.807, 2.05) is 0 Å². The summed E-state index contributed by atoms with van der Waals surface area (Å²) in [6.45, 7) is 1.67. The summed E-state index contributed by atoms with van der Waals surface area (Å²) in [5, 5.41) is 3.26. The molecule has 0 N–H and O–H groups in total. The van der Waals surface area contributed by atoms with Crippen LogP contribution < -0.4 is 0 Å². The van der Waals surface area contributed by atoms with Crippen molar-refractivity contribution in [3.05, 3.63) is 35.7 Å². The molecule has 0 amide bonds. The van der Waals surface area contributed by atoms with E-state index in [1.165, 1.54) is 31.0 Å². The summed E-state index contributed by atoms with van der Waals surface area (Å²) in [4.78, 5) is 15.3. The molecule has 23 heavy (non-hydrogen) atoms. The first kappa shape index (κ1) is 17.3. The van der Waals surface area contributed by atoms with E-state index in [-0.39, 0.29) is 29.0 Å². The number of rotatable bonds is 5. The number of benzene rings is 1. The second-order valence-electron chi connectivity index (χ2n) is 4.57. The highest BCUT2D eigenvalue weighted by Crippen LogP contribution is 2.31. The number of methoxy groups -OCH3 is 1. The van der Waals surface area contributed by atoms with Crippen LogP contribution in [0.4, 0.5) is 13.2 Å². The lowest BCUT2D eigenvalue weighted by Gasteiger charge is -2.06. The Morgan fingerprint density at radius 3 is 2.83 bits per heavy atom. The third kappa shape index (κ3) is 4.47. The van der Waals surface area contributed by atoms with Crippen molar-refractivity contribution >= 4 is 17.7 Å². The number of aromatic nitrogens is 2. The van der Waals surface area contributed by atoms with E-state index in [9.17, 15) is 18.0 Å². The summed E-state index contributed by atoms with van der Waals surface area (Å²) in [6.07, 6.45) is -4.44. The van der Waals surface area contributed by atoms with Crippen LogP contribution in [0.1, 0.15) is 18.4 Å². The average molecular weight is 346 g/mol. The van der Waals surface area contributed by atoms with Gasteiger partial charge in [0.1, 0.15) is 5.25 Å². The lowest BCUT2D eigenvalue weighted by molar-refractivity contribution is -0.139. The molecule has 2 aromatic rings. The van der Waals surface area contributed by atoms with Gasteiger partial charge in [-0.1, -0.05) is 17.3 Å². The largest absolute Gasteiger partial charge is 0.468 e. The maximum absolute atomic E-state index is 12.7. The Labute approximate surface area is 134 Å². The van der Waals surface area contributed by atoms with Gasteiger partial charge in [-0.15, -0.1) is 11.8 Å². The van der Waals surface area contributed by atoms with E-state index in [1.54, 1.807) is 6.92 Å². The highest BCUT2D eigenvalue weighted by Gasteiger charge is 2.30. The highest BCUT2D eigenvalue weighted by atomic mass is 32.2. The molecule has 0 bridgehead atoms. The van der Waals surface area contributed by atoms with Crippen LogP contribution in [-0.4, -0.2) is 28.5 Å². The minimum absolute atomic E-state index is 0.0671. The molecule has 2 rings (SSSR count). The summed E-state index contributed by atoms with van der Waals surface area (Å²) in [7, 11) is 1.29. The van der Waals surface area contributed by atoms with Crippen LogP contribution in [-0.2, 0) is 21.5 Å². The number of esters is 1. The Bertz CT molecular complexity index is 688. The SMILES string of the molecule is COC(=O)C(C)SCc1nc(-c2cccc(C(F)(F)F)c2)no1. The number of hydrogen-bond donors (Lipinski definition) is 0. The molecule has 0 aliphatic heterocycles. The number of alkyl halides is 3. The van der Waals surface area contributed by atoms with Crippen LogP contribution in [0.25, 0.3) is 11.4 Å². The number of carbonyl (C=O) groups excluding carboxylic acids is 1. The zero-order valence-electron chi connectivity index (χ0n) is 12.3. The molecule has 0 fully saturated rings.